The summed E-state index contributed by atoms with van der Waals surface area (Å²) in [5.74, 6) is 0.566. The molecule has 1 aliphatic carbocycles. The molecule has 1 amide bonds. The van der Waals surface area contributed by atoms with Crippen LogP contribution < -0.4 is 10.2 Å². The lowest BCUT2D eigenvalue weighted by molar-refractivity contribution is 0.0945. The topological polar surface area (TPSA) is 45.2 Å². The second-order valence-corrected chi connectivity index (χ2v) is 7.21. The molecule has 0 spiro atoms. The molecule has 25 heavy (non-hydrogen) atoms. The molecule has 2 aliphatic rings. The fraction of sp³-hybridized carbons (Fsp3) is 0.429. The van der Waals surface area contributed by atoms with E-state index < -0.39 is 0 Å². The Morgan fingerprint density at radius 1 is 1.12 bits per heavy atom. The minimum atomic E-state index is 0.0655. The average Bonchev–Trinajstić information content (AvgIpc) is 3.15. The van der Waals surface area contributed by atoms with Crippen molar-refractivity contribution in [2.24, 2.45) is 5.92 Å². The van der Waals surface area contributed by atoms with E-state index in [1.165, 1.54) is 36.1 Å². The predicted octanol–water partition coefficient (Wildman–Crippen LogP) is 3.22. The van der Waals surface area contributed by atoms with Crippen molar-refractivity contribution in [3.63, 3.8) is 0 Å². The minimum absolute atomic E-state index is 0.0655. The van der Waals surface area contributed by atoms with Crippen LogP contribution in [-0.4, -0.2) is 30.5 Å². The highest BCUT2D eigenvalue weighted by atomic mass is 16.1. The van der Waals surface area contributed by atoms with Gasteiger partial charge in [-0.15, -0.1) is 0 Å². The molecule has 130 valence electrons. The highest BCUT2D eigenvalue weighted by Crippen LogP contribution is 2.24. The first kappa shape index (κ1) is 16.1. The summed E-state index contributed by atoms with van der Waals surface area (Å²) in [5.41, 5.74) is 4.80. The van der Waals surface area contributed by atoms with Crippen LogP contribution in [0.25, 0.3) is 0 Å². The third-order valence-electron chi connectivity index (χ3n) is 5.46. The van der Waals surface area contributed by atoms with Crippen molar-refractivity contribution in [1.29, 1.82) is 0 Å². The van der Waals surface area contributed by atoms with Gasteiger partial charge < -0.3 is 10.2 Å². The quantitative estimate of drug-likeness (QED) is 0.933. The first-order valence-corrected chi connectivity index (χ1v) is 9.34. The molecule has 0 radical (unpaired) electrons. The fourth-order valence-corrected chi connectivity index (χ4v) is 4.07. The SMILES string of the molecule is O=C(NCC1CCCN(c2ccncc2)C1)c1ccc2c(c1)CCC2. The maximum Gasteiger partial charge on any atom is 0.251 e. The zero-order valence-electron chi connectivity index (χ0n) is 14.6. The number of aromatic nitrogens is 1. The number of benzene rings is 1. The molecule has 1 N–H and O–H groups in total. The summed E-state index contributed by atoms with van der Waals surface area (Å²) in [6, 6.07) is 10.3. The van der Waals surface area contributed by atoms with Crippen LogP contribution in [0.2, 0.25) is 0 Å². The van der Waals surface area contributed by atoms with Gasteiger partial charge in [-0.3, -0.25) is 9.78 Å². The molecule has 0 bridgehead atoms. The summed E-state index contributed by atoms with van der Waals surface area (Å²) in [7, 11) is 0. The van der Waals surface area contributed by atoms with Crippen molar-refractivity contribution in [3.8, 4) is 0 Å². The predicted molar refractivity (Wildman–Crippen MR) is 100.0 cm³/mol. The number of nitrogens with one attached hydrogen (secondary N) is 1. The van der Waals surface area contributed by atoms with Gasteiger partial charge in [0.25, 0.3) is 5.91 Å². The lowest BCUT2D eigenvalue weighted by Crippen LogP contribution is -2.41. The zero-order chi connectivity index (χ0) is 17.1. The molecule has 1 aromatic carbocycles. The van der Waals surface area contributed by atoms with Crippen LogP contribution in [0.3, 0.4) is 0 Å². The first-order chi connectivity index (χ1) is 12.3. The lowest BCUT2D eigenvalue weighted by Gasteiger charge is -2.34. The number of amides is 1. The summed E-state index contributed by atoms with van der Waals surface area (Å²) in [6.07, 6.45) is 9.51. The Labute approximate surface area is 149 Å². The molecule has 0 saturated carbocycles. The van der Waals surface area contributed by atoms with E-state index in [1.54, 1.807) is 0 Å². The smallest absolute Gasteiger partial charge is 0.251 e. The molecule has 1 saturated heterocycles. The van der Waals surface area contributed by atoms with Crippen molar-refractivity contribution >= 4 is 11.6 Å². The molecule has 1 aromatic heterocycles. The number of carbonyl (C=O) groups excluding carboxylic acids is 1. The molecule has 1 fully saturated rings. The van der Waals surface area contributed by atoms with Crippen molar-refractivity contribution in [2.45, 2.75) is 32.1 Å². The number of hydrogen-bond donors (Lipinski definition) is 1. The van der Waals surface area contributed by atoms with Gasteiger partial charge in [-0.05, 0) is 73.4 Å². The molecule has 4 rings (SSSR count). The number of rotatable bonds is 4. The Kier molecular flexibility index (Phi) is 4.68. The van der Waals surface area contributed by atoms with Gasteiger partial charge >= 0.3 is 0 Å². The second kappa shape index (κ2) is 7.26. The van der Waals surface area contributed by atoms with Crippen LogP contribution >= 0.6 is 0 Å². The molecule has 1 aliphatic heterocycles. The maximum atomic E-state index is 12.5. The fourth-order valence-electron chi connectivity index (χ4n) is 4.07. The molecule has 4 heteroatoms. The van der Waals surface area contributed by atoms with Gasteiger partial charge in [0, 0.05) is 43.3 Å². The van der Waals surface area contributed by atoms with E-state index in [0.717, 1.165) is 38.0 Å². The van der Waals surface area contributed by atoms with Gasteiger partial charge in [0.2, 0.25) is 0 Å². The Morgan fingerprint density at radius 2 is 1.96 bits per heavy atom. The van der Waals surface area contributed by atoms with E-state index in [9.17, 15) is 4.79 Å². The largest absolute Gasteiger partial charge is 0.371 e. The normalized spacial score (nSPS) is 19.5. The summed E-state index contributed by atoms with van der Waals surface area (Å²) in [4.78, 5) is 19.0. The second-order valence-electron chi connectivity index (χ2n) is 7.21. The van der Waals surface area contributed by atoms with Gasteiger partial charge in [0.15, 0.2) is 0 Å². The molecular weight excluding hydrogens is 310 g/mol. The number of anilines is 1. The molecule has 4 nitrogen and oxygen atoms in total. The highest BCUT2D eigenvalue weighted by Gasteiger charge is 2.21. The van der Waals surface area contributed by atoms with Crippen molar-refractivity contribution < 1.29 is 4.79 Å². The number of hydrogen-bond acceptors (Lipinski definition) is 3. The third kappa shape index (κ3) is 3.68. The maximum absolute atomic E-state index is 12.5. The van der Waals surface area contributed by atoms with Gasteiger partial charge in [0.05, 0.1) is 0 Å². The van der Waals surface area contributed by atoms with Gasteiger partial charge in [0.1, 0.15) is 0 Å². The van der Waals surface area contributed by atoms with Crippen LogP contribution in [-0.2, 0) is 12.8 Å². The summed E-state index contributed by atoms with van der Waals surface area (Å²) in [5, 5.41) is 3.15. The van der Waals surface area contributed by atoms with E-state index in [-0.39, 0.29) is 5.91 Å². The van der Waals surface area contributed by atoms with E-state index in [0.29, 0.717) is 5.92 Å². The van der Waals surface area contributed by atoms with Crippen molar-refractivity contribution in [1.82, 2.24) is 10.3 Å². The van der Waals surface area contributed by atoms with Crippen LogP contribution in [0.4, 0.5) is 5.69 Å². The van der Waals surface area contributed by atoms with Gasteiger partial charge in [-0.2, -0.15) is 0 Å². The Hall–Kier alpha value is -2.36. The number of aryl methyl sites for hydroxylation is 2. The number of pyridine rings is 1. The number of carbonyl (C=O) groups is 1. The van der Waals surface area contributed by atoms with Crippen LogP contribution in [0.15, 0.2) is 42.7 Å². The third-order valence-corrected chi connectivity index (χ3v) is 5.46. The van der Waals surface area contributed by atoms with E-state index in [1.807, 2.05) is 18.5 Å². The van der Waals surface area contributed by atoms with Crippen molar-refractivity contribution in [2.75, 3.05) is 24.5 Å². The van der Waals surface area contributed by atoms with Crippen molar-refractivity contribution in [3.05, 3.63) is 59.4 Å². The van der Waals surface area contributed by atoms with Crippen LogP contribution in [0, 0.1) is 5.92 Å². The Bertz CT molecular complexity index is 744. The van der Waals surface area contributed by atoms with Gasteiger partial charge in [-0.25, -0.2) is 0 Å². The van der Waals surface area contributed by atoms with E-state index in [2.05, 4.69) is 39.5 Å². The first-order valence-electron chi connectivity index (χ1n) is 9.34. The summed E-state index contributed by atoms with van der Waals surface area (Å²) >= 11 is 0. The Morgan fingerprint density at radius 3 is 2.84 bits per heavy atom. The minimum Gasteiger partial charge on any atom is -0.371 e. The summed E-state index contributed by atoms with van der Waals surface area (Å²) < 4.78 is 0. The zero-order valence-corrected chi connectivity index (χ0v) is 14.6. The monoisotopic (exact) mass is 335 g/mol. The Balaban J connectivity index is 1.34. The average molecular weight is 335 g/mol. The summed E-state index contributed by atoms with van der Waals surface area (Å²) in [6.45, 7) is 2.82. The standard InChI is InChI=1S/C21H25N3O/c25-21(19-7-6-17-4-1-5-18(17)13-19)23-14-16-3-2-12-24(15-16)20-8-10-22-11-9-20/h6-11,13,16H,1-5,12,14-15H2,(H,23,25). The highest BCUT2D eigenvalue weighted by molar-refractivity contribution is 5.94. The molecule has 2 aromatic rings. The molecule has 1 unspecified atom stereocenters. The molecule has 2 heterocycles. The van der Waals surface area contributed by atoms with Gasteiger partial charge in [-0.1, -0.05) is 6.07 Å². The van der Waals surface area contributed by atoms with Crippen LogP contribution in [0.1, 0.15) is 40.7 Å². The number of piperidine rings is 1. The lowest BCUT2D eigenvalue weighted by atomic mass is 9.97. The molecular formula is C21H25N3O. The number of fused-ring (bicyclic) bond motifs is 1. The number of nitrogens with zero attached hydrogens (tertiary/aromatic N) is 2. The molecule has 1 atom stereocenters. The van der Waals surface area contributed by atoms with E-state index in [4.69, 9.17) is 0 Å². The van der Waals surface area contributed by atoms with E-state index >= 15 is 0 Å². The van der Waals surface area contributed by atoms with Crippen LogP contribution in [0.5, 0.6) is 0 Å².